The molecule has 2 aromatic rings. The molecule has 0 spiro atoms. The fourth-order valence-corrected chi connectivity index (χ4v) is 2.43. The summed E-state index contributed by atoms with van der Waals surface area (Å²) >= 11 is 0. The third-order valence-electron chi connectivity index (χ3n) is 3.75. The molecule has 0 aliphatic carbocycles. The molecule has 6 nitrogen and oxygen atoms in total. The van der Waals surface area contributed by atoms with E-state index >= 15 is 0 Å². The van der Waals surface area contributed by atoms with E-state index in [0.29, 0.717) is 12.2 Å². The minimum absolute atomic E-state index is 0.0700. The van der Waals surface area contributed by atoms with E-state index in [0.717, 1.165) is 5.69 Å². The third kappa shape index (κ3) is 5.19. The monoisotopic (exact) mass is 363 g/mol. The van der Waals surface area contributed by atoms with E-state index in [1.807, 2.05) is 43.3 Å². The number of nitrogens with one attached hydrogen (secondary N) is 1. The van der Waals surface area contributed by atoms with Crippen molar-refractivity contribution in [1.82, 2.24) is 0 Å². The summed E-state index contributed by atoms with van der Waals surface area (Å²) in [5.41, 5.74) is 1.33. The third-order valence-corrected chi connectivity index (χ3v) is 3.75. The average molecular weight is 363 g/mol. The number of anilines is 2. The van der Waals surface area contributed by atoms with Crippen LogP contribution in [0.4, 0.5) is 11.4 Å². The van der Waals surface area contributed by atoms with Gasteiger partial charge in [-0.25, -0.2) is 4.79 Å². The zero-order chi connectivity index (χ0) is 19.6. The van der Waals surface area contributed by atoms with Gasteiger partial charge in [-0.15, -0.1) is 0 Å². The lowest BCUT2D eigenvalue weighted by molar-refractivity contribution is -0.112. The summed E-state index contributed by atoms with van der Waals surface area (Å²) in [6.07, 6.45) is 1.50. The van der Waals surface area contributed by atoms with Crippen LogP contribution < -0.4 is 10.2 Å². The van der Waals surface area contributed by atoms with Gasteiger partial charge in [-0.3, -0.25) is 4.79 Å². The first-order chi connectivity index (χ1) is 13.1. The molecule has 0 fully saturated rings. The summed E-state index contributed by atoms with van der Waals surface area (Å²) in [5, 5.41) is 12.1. The van der Waals surface area contributed by atoms with Gasteiger partial charge in [0.2, 0.25) is 0 Å². The van der Waals surface area contributed by atoms with Crippen LogP contribution in [0.25, 0.3) is 0 Å². The Morgan fingerprint density at radius 1 is 1.11 bits per heavy atom. The number of ether oxygens (including phenoxy) is 1. The predicted octanol–water partition coefficient (Wildman–Crippen LogP) is 3.74. The van der Waals surface area contributed by atoms with Crippen molar-refractivity contribution in [2.24, 2.45) is 0 Å². The van der Waals surface area contributed by atoms with Crippen molar-refractivity contribution >= 4 is 23.3 Å². The molecule has 27 heavy (non-hydrogen) atoms. The number of amides is 1. The van der Waals surface area contributed by atoms with E-state index in [4.69, 9.17) is 4.74 Å². The second-order valence-electron chi connectivity index (χ2n) is 5.50. The van der Waals surface area contributed by atoms with Gasteiger partial charge < -0.3 is 15.0 Å². The van der Waals surface area contributed by atoms with Gasteiger partial charge in [-0.1, -0.05) is 30.3 Å². The van der Waals surface area contributed by atoms with Gasteiger partial charge in [0.05, 0.1) is 17.9 Å². The van der Waals surface area contributed by atoms with Crippen molar-refractivity contribution in [2.45, 2.75) is 13.8 Å². The normalized spacial score (nSPS) is 10.6. The summed E-state index contributed by atoms with van der Waals surface area (Å²) < 4.78 is 5.00. The van der Waals surface area contributed by atoms with Crippen LogP contribution in [0.3, 0.4) is 0 Å². The molecule has 6 heteroatoms. The maximum Gasteiger partial charge on any atom is 0.340 e. The van der Waals surface area contributed by atoms with Crippen LogP contribution in [-0.4, -0.2) is 25.0 Å². The van der Waals surface area contributed by atoms with Crippen LogP contribution in [-0.2, 0) is 9.53 Å². The Bertz CT molecular complexity index is 870. The van der Waals surface area contributed by atoms with Crippen LogP contribution in [0.15, 0.2) is 66.4 Å². The highest BCUT2D eigenvalue weighted by Gasteiger charge is 2.17. The van der Waals surface area contributed by atoms with Crippen LogP contribution in [0.5, 0.6) is 0 Å². The number of hydrogen-bond acceptors (Lipinski definition) is 5. The number of carbonyl (C=O) groups excluding carboxylic acids is 2. The van der Waals surface area contributed by atoms with Crippen molar-refractivity contribution in [3.8, 4) is 6.07 Å². The van der Waals surface area contributed by atoms with E-state index in [1.165, 1.54) is 6.20 Å². The highest BCUT2D eigenvalue weighted by Crippen LogP contribution is 2.18. The molecule has 2 rings (SSSR count). The Kier molecular flexibility index (Phi) is 7.15. The Labute approximate surface area is 158 Å². The van der Waals surface area contributed by atoms with Gasteiger partial charge in [0.25, 0.3) is 5.91 Å². The molecule has 2 aromatic carbocycles. The molecule has 0 saturated carbocycles. The minimum atomic E-state index is -0.594. The van der Waals surface area contributed by atoms with Gasteiger partial charge in [-0.2, -0.15) is 5.26 Å². The fourth-order valence-electron chi connectivity index (χ4n) is 2.43. The Morgan fingerprint density at radius 2 is 1.78 bits per heavy atom. The molecule has 138 valence electrons. The molecule has 0 unspecified atom stereocenters. The molecular weight excluding hydrogens is 342 g/mol. The van der Waals surface area contributed by atoms with Gasteiger partial charge in [0.15, 0.2) is 0 Å². The number of nitrogens with zero attached hydrogens (tertiary/aromatic N) is 2. The highest BCUT2D eigenvalue weighted by molar-refractivity contribution is 6.09. The smallest absolute Gasteiger partial charge is 0.340 e. The summed E-state index contributed by atoms with van der Waals surface area (Å²) in [6.45, 7) is 4.44. The predicted molar refractivity (Wildman–Crippen MR) is 104 cm³/mol. The van der Waals surface area contributed by atoms with Crippen molar-refractivity contribution in [3.63, 3.8) is 0 Å². The number of para-hydroxylation sites is 2. The molecule has 0 aliphatic rings. The molecule has 0 heterocycles. The van der Waals surface area contributed by atoms with E-state index in [-0.39, 0.29) is 17.7 Å². The standard InChI is InChI=1S/C21H21N3O3/c1-3-24(17-10-6-5-7-11-17)15-16(14-22)20(25)23-19-13-9-8-12-18(19)21(26)27-4-2/h5-13,15H,3-4H2,1-2H3,(H,23,25)/b16-15-. The molecule has 0 saturated heterocycles. The van der Waals surface area contributed by atoms with Gasteiger partial charge in [-0.05, 0) is 38.1 Å². The Balaban J connectivity index is 2.26. The van der Waals surface area contributed by atoms with Gasteiger partial charge in [0, 0.05) is 18.4 Å². The van der Waals surface area contributed by atoms with E-state index in [9.17, 15) is 14.9 Å². The second-order valence-corrected chi connectivity index (χ2v) is 5.50. The van der Waals surface area contributed by atoms with E-state index in [1.54, 1.807) is 36.1 Å². The van der Waals surface area contributed by atoms with Crippen molar-refractivity contribution in [2.75, 3.05) is 23.4 Å². The van der Waals surface area contributed by atoms with E-state index in [2.05, 4.69) is 5.32 Å². The number of hydrogen-bond donors (Lipinski definition) is 1. The average Bonchev–Trinajstić information content (AvgIpc) is 2.70. The van der Waals surface area contributed by atoms with Crippen molar-refractivity contribution in [1.29, 1.82) is 5.26 Å². The second kappa shape index (κ2) is 9.78. The maximum absolute atomic E-state index is 12.6. The molecular formula is C21H21N3O3. The summed E-state index contributed by atoms with van der Waals surface area (Å²) in [6, 6.07) is 17.9. The van der Waals surface area contributed by atoms with Crippen LogP contribution in [0.1, 0.15) is 24.2 Å². The SMILES string of the molecule is CCOC(=O)c1ccccc1NC(=O)/C(C#N)=C\N(CC)c1ccccc1. The number of carbonyl (C=O) groups is 2. The number of rotatable bonds is 7. The van der Waals surface area contributed by atoms with Crippen LogP contribution in [0, 0.1) is 11.3 Å². The first-order valence-electron chi connectivity index (χ1n) is 8.61. The van der Waals surface area contributed by atoms with Crippen LogP contribution in [0.2, 0.25) is 0 Å². The molecule has 0 atom stereocenters. The van der Waals surface area contributed by atoms with Crippen molar-refractivity contribution in [3.05, 3.63) is 71.9 Å². The van der Waals surface area contributed by atoms with Gasteiger partial charge >= 0.3 is 5.97 Å². The molecule has 0 aromatic heterocycles. The summed E-state index contributed by atoms with van der Waals surface area (Å²) in [4.78, 5) is 26.4. The van der Waals surface area contributed by atoms with Crippen molar-refractivity contribution < 1.29 is 14.3 Å². The molecule has 0 bridgehead atoms. The molecule has 1 amide bonds. The Morgan fingerprint density at radius 3 is 2.41 bits per heavy atom. The van der Waals surface area contributed by atoms with Gasteiger partial charge in [0.1, 0.15) is 11.6 Å². The topological polar surface area (TPSA) is 82.4 Å². The zero-order valence-electron chi connectivity index (χ0n) is 15.3. The zero-order valence-corrected chi connectivity index (χ0v) is 15.3. The quantitative estimate of drug-likeness (QED) is 0.460. The lowest BCUT2D eigenvalue weighted by atomic mass is 10.1. The fraction of sp³-hybridized carbons (Fsp3) is 0.190. The van der Waals surface area contributed by atoms with E-state index < -0.39 is 11.9 Å². The minimum Gasteiger partial charge on any atom is -0.462 e. The maximum atomic E-state index is 12.6. The first kappa shape index (κ1) is 19.7. The largest absolute Gasteiger partial charge is 0.462 e. The Hall–Kier alpha value is -3.59. The summed E-state index contributed by atoms with van der Waals surface area (Å²) in [7, 11) is 0. The molecule has 0 radical (unpaired) electrons. The number of esters is 1. The molecule has 1 N–H and O–H groups in total. The summed E-state index contributed by atoms with van der Waals surface area (Å²) in [5.74, 6) is -1.13. The van der Waals surface area contributed by atoms with Crippen LogP contribution >= 0.6 is 0 Å². The number of benzene rings is 2. The molecule has 0 aliphatic heterocycles. The lowest BCUT2D eigenvalue weighted by Crippen LogP contribution is -2.21. The number of nitriles is 1. The highest BCUT2D eigenvalue weighted by atomic mass is 16.5. The lowest BCUT2D eigenvalue weighted by Gasteiger charge is -2.19. The first-order valence-corrected chi connectivity index (χ1v) is 8.61.